The summed E-state index contributed by atoms with van der Waals surface area (Å²) in [6.45, 7) is 3.51. The number of nitrogens with one attached hydrogen (secondary N) is 1. The van der Waals surface area contributed by atoms with Crippen molar-refractivity contribution in [2.24, 2.45) is 23.7 Å². The highest BCUT2D eigenvalue weighted by Crippen LogP contribution is 2.25. The van der Waals surface area contributed by atoms with Crippen LogP contribution in [-0.4, -0.2) is 29.4 Å². The molecule has 0 saturated heterocycles. The Morgan fingerprint density at radius 2 is 2.30 bits per heavy atom. The van der Waals surface area contributed by atoms with Gasteiger partial charge in [0.05, 0.1) is 24.9 Å². The second-order valence-electron chi connectivity index (χ2n) is 5.29. The van der Waals surface area contributed by atoms with Gasteiger partial charge >= 0.3 is 0 Å². The fourth-order valence-corrected chi connectivity index (χ4v) is 2.47. The van der Waals surface area contributed by atoms with Crippen LogP contribution in [0.5, 0.6) is 5.88 Å². The molecular formula is C14H25N5O. The van der Waals surface area contributed by atoms with Gasteiger partial charge in [0.15, 0.2) is 5.96 Å². The molecule has 1 aliphatic rings. The quantitative estimate of drug-likeness (QED) is 0.606. The summed E-state index contributed by atoms with van der Waals surface area (Å²) in [5.74, 6) is 2.03. The molecule has 6 heteroatoms. The lowest BCUT2D eigenvalue weighted by molar-refractivity contribution is 0.315. The van der Waals surface area contributed by atoms with Crippen LogP contribution >= 0.6 is 0 Å². The maximum atomic E-state index is 5.91. The minimum Gasteiger partial charge on any atom is -0.481 e. The van der Waals surface area contributed by atoms with E-state index in [2.05, 4.69) is 22.3 Å². The van der Waals surface area contributed by atoms with E-state index >= 15 is 0 Å². The zero-order valence-corrected chi connectivity index (χ0v) is 12.6. The van der Waals surface area contributed by atoms with E-state index < -0.39 is 0 Å². The van der Waals surface area contributed by atoms with Crippen molar-refractivity contribution in [3.05, 3.63) is 11.3 Å². The summed E-state index contributed by atoms with van der Waals surface area (Å²) < 4.78 is 7.14. The second kappa shape index (κ2) is 6.63. The number of ether oxygens (including phenoxy) is 1. The molecule has 0 atom stereocenters. The number of rotatable bonds is 6. The Morgan fingerprint density at radius 3 is 2.85 bits per heavy atom. The molecule has 0 radical (unpaired) electrons. The number of hydrogen-bond donors (Lipinski definition) is 2. The van der Waals surface area contributed by atoms with E-state index in [0.717, 1.165) is 36.0 Å². The standard InChI is InChI=1S/C14H25N5O/c1-4-12-11(13(20-3)19(2)18-12)9-17-14(15)16-8-10-6-5-7-10/h10H,4-9H2,1-3H3,(H3,15,16,17). The summed E-state index contributed by atoms with van der Waals surface area (Å²) in [6, 6.07) is 0. The number of hydrogen-bond acceptors (Lipinski definition) is 3. The summed E-state index contributed by atoms with van der Waals surface area (Å²) in [5.41, 5.74) is 7.94. The summed E-state index contributed by atoms with van der Waals surface area (Å²) in [4.78, 5) is 4.41. The molecule has 0 aromatic carbocycles. The average Bonchev–Trinajstić information content (AvgIpc) is 2.69. The highest BCUT2D eigenvalue weighted by molar-refractivity contribution is 5.77. The van der Waals surface area contributed by atoms with E-state index in [0.29, 0.717) is 12.5 Å². The maximum absolute atomic E-state index is 5.91. The van der Waals surface area contributed by atoms with Gasteiger partial charge in [0.1, 0.15) is 0 Å². The summed E-state index contributed by atoms with van der Waals surface area (Å²) in [5, 5.41) is 7.63. The first kappa shape index (κ1) is 14.7. The van der Waals surface area contributed by atoms with Crippen LogP contribution in [0.1, 0.15) is 37.4 Å². The third-order valence-corrected chi connectivity index (χ3v) is 3.90. The molecule has 2 rings (SSSR count). The molecular weight excluding hydrogens is 254 g/mol. The monoisotopic (exact) mass is 279 g/mol. The maximum Gasteiger partial charge on any atom is 0.216 e. The third kappa shape index (κ3) is 3.23. The van der Waals surface area contributed by atoms with Gasteiger partial charge in [0.2, 0.25) is 5.88 Å². The average molecular weight is 279 g/mol. The molecule has 0 spiro atoms. The largest absolute Gasteiger partial charge is 0.481 e. The molecule has 3 N–H and O–H groups in total. The molecule has 0 bridgehead atoms. The molecule has 20 heavy (non-hydrogen) atoms. The Balaban J connectivity index is 1.97. The van der Waals surface area contributed by atoms with Gasteiger partial charge in [0.25, 0.3) is 0 Å². The first-order valence-corrected chi connectivity index (χ1v) is 7.28. The molecule has 1 heterocycles. The van der Waals surface area contributed by atoms with Gasteiger partial charge in [0, 0.05) is 13.6 Å². The first-order chi connectivity index (χ1) is 9.65. The third-order valence-electron chi connectivity index (χ3n) is 3.90. The Hall–Kier alpha value is -1.72. The van der Waals surface area contributed by atoms with Gasteiger partial charge in [-0.15, -0.1) is 0 Å². The van der Waals surface area contributed by atoms with E-state index in [1.54, 1.807) is 11.8 Å². The topological polar surface area (TPSA) is 77.5 Å². The second-order valence-corrected chi connectivity index (χ2v) is 5.29. The number of methoxy groups -OCH3 is 1. The molecule has 1 fully saturated rings. The molecule has 6 nitrogen and oxygen atoms in total. The van der Waals surface area contributed by atoms with Gasteiger partial charge in [-0.25, -0.2) is 9.67 Å². The number of nitrogens with zero attached hydrogens (tertiary/aromatic N) is 3. The van der Waals surface area contributed by atoms with E-state index in [-0.39, 0.29) is 0 Å². The predicted molar refractivity (Wildman–Crippen MR) is 79.8 cm³/mol. The van der Waals surface area contributed by atoms with Crippen molar-refractivity contribution < 1.29 is 4.74 Å². The number of guanidine groups is 1. The first-order valence-electron chi connectivity index (χ1n) is 7.28. The van der Waals surface area contributed by atoms with Crippen molar-refractivity contribution in [1.82, 2.24) is 15.1 Å². The van der Waals surface area contributed by atoms with E-state index in [1.807, 2.05) is 7.05 Å². The fourth-order valence-electron chi connectivity index (χ4n) is 2.47. The van der Waals surface area contributed by atoms with Crippen molar-refractivity contribution in [3.63, 3.8) is 0 Å². The van der Waals surface area contributed by atoms with E-state index in [1.165, 1.54) is 19.3 Å². The van der Waals surface area contributed by atoms with Crippen molar-refractivity contribution in [1.29, 1.82) is 0 Å². The van der Waals surface area contributed by atoms with Gasteiger partial charge < -0.3 is 15.8 Å². The van der Waals surface area contributed by atoms with Crippen LogP contribution in [0.4, 0.5) is 0 Å². The summed E-state index contributed by atoms with van der Waals surface area (Å²) >= 11 is 0. The number of aromatic nitrogens is 2. The zero-order valence-electron chi connectivity index (χ0n) is 12.6. The minimum absolute atomic E-state index is 0.504. The van der Waals surface area contributed by atoms with Gasteiger partial charge in [-0.3, -0.25) is 0 Å². The SMILES string of the molecule is CCc1nn(C)c(OC)c1CN=C(N)NCC1CCC1. The van der Waals surface area contributed by atoms with Crippen LogP contribution in [0, 0.1) is 5.92 Å². The normalized spacial score (nSPS) is 16.1. The van der Waals surface area contributed by atoms with Crippen LogP contribution in [0.2, 0.25) is 0 Å². The molecule has 1 aromatic heterocycles. The molecule has 0 aliphatic heterocycles. The highest BCUT2D eigenvalue weighted by atomic mass is 16.5. The lowest BCUT2D eigenvalue weighted by Gasteiger charge is -2.25. The Bertz CT molecular complexity index is 476. The number of nitrogens with two attached hydrogens (primary N) is 1. The van der Waals surface area contributed by atoms with Crippen molar-refractivity contribution in [2.45, 2.75) is 39.2 Å². The number of aliphatic imine (C=N–C) groups is 1. The Morgan fingerprint density at radius 1 is 1.55 bits per heavy atom. The molecule has 1 saturated carbocycles. The van der Waals surface area contributed by atoms with Gasteiger partial charge in [-0.05, 0) is 25.2 Å². The Kier molecular flexibility index (Phi) is 4.87. The lowest BCUT2D eigenvalue weighted by Crippen LogP contribution is -2.37. The molecule has 1 aromatic rings. The van der Waals surface area contributed by atoms with Crippen molar-refractivity contribution in [3.8, 4) is 5.88 Å². The molecule has 0 unspecified atom stereocenters. The van der Waals surface area contributed by atoms with Crippen LogP contribution in [-0.2, 0) is 20.0 Å². The van der Waals surface area contributed by atoms with Crippen molar-refractivity contribution in [2.75, 3.05) is 13.7 Å². The summed E-state index contributed by atoms with van der Waals surface area (Å²) in [7, 11) is 3.53. The van der Waals surface area contributed by atoms with E-state index in [9.17, 15) is 0 Å². The Labute approximate surface area is 120 Å². The fraction of sp³-hybridized carbons (Fsp3) is 0.714. The molecule has 1 aliphatic carbocycles. The molecule has 0 amide bonds. The zero-order chi connectivity index (χ0) is 14.5. The van der Waals surface area contributed by atoms with Crippen molar-refractivity contribution >= 4 is 5.96 Å². The van der Waals surface area contributed by atoms with Crippen LogP contribution in [0.25, 0.3) is 0 Å². The minimum atomic E-state index is 0.504. The van der Waals surface area contributed by atoms with Gasteiger partial charge in [-0.2, -0.15) is 5.10 Å². The summed E-state index contributed by atoms with van der Waals surface area (Å²) in [6.07, 6.45) is 4.81. The van der Waals surface area contributed by atoms with Crippen LogP contribution < -0.4 is 15.8 Å². The molecule has 112 valence electrons. The lowest BCUT2D eigenvalue weighted by atomic mass is 9.85. The van der Waals surface area contributed by atoms with E-state index in [4.69, 9.17) is 10.5 Å². The van der Waals surface area contributed by atoms with Crippen LogP contribution in [0.15, 0.2) is 4.99 Å². The van der Waals surface area contributed by atoms with Crippen LogP contribution in [0.3, 0.4) is 0 Å². The number of aryl methyl sites for hydroxylation is 2. The van der Waals surface area contributed by atoms with Gasteiger partial charge in [-0.1, -0.05) is 13.3 Å². The predicted octanol–water partition coefficient (Wildman–Crippen LogP) is 1.20. The highest BCUT2D eigenvalue weighted by Gasteiger charge is 2.17. The smallest absolute Gasteiger partial charge is 0.216 e.